The summed E-state index contributed by atoms with van der Waals surface area (Å²) in [5, 5.41) is 9.11. The predicted octanol–water partition coefficient (Wildman–Crippen LogP) is 8.23. The molecule has 0 saturated heterocycles. The molecular formula is C37H42O5. The van der Waals surface area contributed by atoms with Crippen LogP contribution in [0.2, 0.25) is 0 Å². The fourth-order valence-corrected chi connectivity index (χ4v) is 5.57. The van der Waals surface area contributed by atoms with Crippen LogP contribution in [0, 0.1) is 0 Å². The molecule has 5 heteroatoms. The van der Waals surface area contributed by atoms with Gasteiger partial charge in [0.15, 0.2) is 0 Å². The van der Waals surface area contributed by atoms with Crippen LogP contribution < -0.4 is 0 Å². The van der Waals surface area contributed by atoms with Gasteiger partial charge in [-0.2, -0.15) is 0 Å². The number of rotatable bonds is 12. The number of carbonyl (C=O) groups excluding carboxylic acids is 2. The van der Waals surface area contributed by atoms with Gasteiger partial charge in [-0.15, -0.1) is 0 Å². The molecule has 1 fully saturated rings. The molecule has 1 aliphatic carbocycles. The van der Waals surface area contributed by atoms with Crippen LogP contribution in [0.25, 0.3) is 22.3 Å². The number of aliphatic hydroxyl groups is 1. The first-order valence-corrected chi connectivity index (χ1v) is 14.9. The number of aliphatic hydroxyl groups excluding tert-OH is 1. The highest BCUT2D eigenvalue weighted by molar-refractivity contribution is 5.87. The van der Waals surface area contributed by atoms with Gasteiger partial charge >= 0.3 is 11.9 Å². The molecule has 1 aliphatic rings. The van der Waals surface area contributed by atoms with Crippen molar-refractivity contribution in [1.82, 2.24) is 0 Å². The average Bonchev–Trinajstić information content (AvgIpc) is 3.01. The maximum Gasteiger partial charge on any atom is 0.333 e. The summed E-state index contributed by atoms with van der Waals surface area (Å²) in [6, 6.07) is 21.0. The Morgan fingerprint density at radius 3 is 1.71 bits per heavy atom. The molecule has 1 saturated carbocycles. The molecule has 3 aromatic carbocycles. The first-order valence-electron chi connectivity index (χ1n) is 14.9. The average molecular weight is 567 g/mol. The molecule has 3 aromatic rings. The molecule has 0 bridgehead atoms. The van der Waals surface area contributed by atoms with Crippen LogP contribution in [0.4, 0.5) is 0 Å². The van der Waals surface area contributed by atoms with E-state index < -0.39 is 11.9 Å². The molecular weight excluding hydrogens is 524 g/mol. The molecule has 220 valence electrons. The molecule has 1 N–H and O–H groups in total. The van der Waals surface area contributed by atoms with Crippen molar-refractivity contribution in [2.75, 3.05) is 6.61 Å². The molecule has 0 aliphatic heterocycles. The van der Waals surface area contributed by atoms with Gasteiger partial charge in [-0.25, -0.2) is 9.59 Å². The highest BCUT2D eigenvalue weighted by Crippen LogP contribution is 2.38. The van der Waals surface area contributed by atoms with Crippen molar-refractivity contribution >= 4 is 11.9 Å². The van der Waals surface area contributed by atoms with Crippen LogP contribution >= 0.6 is 0 Å². The second-order valence-electron chi connectivity index (χ2n) is 11.4. The Morgan fingerprint density at radius 2 is 1.24 bits per heavy atom. The van der Waals surface area contributed by atoms with Gasteiger partial charge in [0.05, 0.1) is 0 Å². The number of esters is 2. The lowest BCUT2D eigenvalue weighted by Gasteiger charge is -2.25. The minimum Gasteiger partial charge on any atom is -0.457 e. The maximum atomic E-state index is 12.4. The SMILES string of the molecule is C=C(C)C(=O)OCc1cc(C2CCCCC2)cc(COC(=O)C(=C)C)c1-c1ccc(-c2ccc(CCCO)cc2)cc1. The van der Waals surface area contributed by atoms with E-state index in [1.807, 2.05) is 0 Å². The van der Waals surface area contributed by atoms with E-state index in [1.165, 1.54) is 30.4 Å². The normalized spacial score (nSPS) is 13.4. The Labute approximate surface area is 249 Å². The Hall–Kier alpha value is -3.96. The molecule has 5 nitrogen and oxygen atoms in total. The van der Waals surface area contributed by atoms with Crippen molar-refractivity contribution in [2.45, 2.75) is 77.9 Å². The van der Waals surface area contributed by atoms with Crippen LogP contribution in [0.5, 0.6) is 0 Å². The van der Waals surface area contributed by atoms with Gasteiger partial charge in [0, 0.05) is 17.8 Å². The van der Waals surface area contributed by atoms with E-state index in [-0.39, 0.29) is 19.8 Å². The number of carbonyl (C=O) groups is 2. The van der Waals surface area contributed by atoms with Crippen molar-refractivity contribution in [2.24, 2.45) is 0 Å². The minimum atomic E-state index is -0.433. The van der Waals surface area contributed by atoms with Crippen LogP contribution in [-0.2, 0) is 38.7 Å². The van der Waals surface area contributed by atoms with Gasteiger partial charge in [-0.05, 0) is 90.0 Å². The van der Waals surface area contributed by atoms with Crippen molar-refractivity contribution < 1.29 is 24.2 Å². The topological polar surface area (TPSA) is 72.8 Å². The number of benzene rings is 3. The zero-order valence-corrected chi connectivity index (χ0v) is 24.9. The molecule has 4 rings (SSSR count). The Balaban J connectivity index is 1.74. The van der Waals surface area contributed by atoms with E-state index in [9.17, 15) is 9.59 Å². The first-order chi connectivity index (χ1) is 20.3. The van der Waals surface area contributed by atoms with Crippen LogP contribution in [0.3, 0.4) is 0 Å². The zero-order valence-electron chi connectivity index (χ0n) is 24.9. The monoisotopic (exact) mass is 566 g/mol. The van der Waals surface area contributed by atoms with Gasteiger partial charge in [0.2, 0.25) is 0 Å². The van der Waals surface area contributed by atoms with Crippen molar-refractivity contribution in [3.63, 3.8) is 0 Å². The predicted molar refractivity (Wildman–Crippen MR) is 168 cm³/mol. The summed E-state index contributed by atoms with van der Waals surface area (Å²) in [6.45, 7) is 11.1. The molecule has 0 unspecified atom stereocenters. The van der Waals surface area contributed by atoms with E-state index in [2.05, 4.69) is 73.8 Å². The van der Waals surface area contributed by atoms with Gasteiger partial charge < -0.3 is 14.6 Å². The standard InChI is InChI=1S/C37H42O5/c1-25(2)36(39)41-23-33-21-32(28-10-6-5-7-11-28)22-34(24-42-37(40)26(3)4)35(33)31-18-16-30(17-19-31)29-14-12-27(13-15-29)9-8-20-38/h12-19,21-22,28,38H,1,3,5-11,20,23-24H2,2,4H3. The molecule has 0 atom stereocenters. The third-order valence-corrected chi connectivity index (χ3v) is 7.90. The first kappa shape index (κ1) is 31.0. The highest BCUT2D eigenvalue weighted by Gasteiger charge is 2.22. The zero-order chi connectivity index (χ0) is 30.1. The number of hydrogen-bond acceptors (Lipinski definition) is 5. The van der Waals surface area contributed by atoms with Crippen molar-refractivity contribution in [3.8, 4) is 22.3 Å². The third kappa shape index (κ3) is 8.07. The summed E-state index contributed by atoms with van der Waals surface area (Å²) >= 11 is 0. The quantitative estimate of drug-likeness (QED) is 0.177. The fourth-order valence-electron chi connectivity index (χ4n) is 5.57. The molecule has 42 heavy (non-hydrogen) atoms. The number of aryl methyl sites for hydroxylation is 1. The summed E-state index contributed by atoms with van der Waals surface area (Å²) in [6.07, 6.45) is 7.46. The summed E-state index contributed by atoms with van der Waals surface area (Å²) in [7, 11) is 0. The largest absolute Gasteiger partial charge is 0.457 e. The lowest BCUT2D eigenvalue weighted by molar-refractivity contribution is -0.140. The van der Waals surface area contributed by atoms with Gasteiger partial charge in [-0.3, -0.25) is 0 Å². The number of ether oxygens (including phenoxy) is 2. The summed E-state index contributed by atoms with van der Waals surface area (Å²) in [5.41, 5.74) is 8.91. The Kier molecular flexibility index (Phi) is 10.9. The van der Waals surface area contributed by atoms with Crippen LogP contribution in [0.15, 0.2) is 85.0 Å². The van der Waals surface area contributed by atoms with E-state index in [0.717, 1.165) is 59.1 Å². The van der Waals surface area contributed by atoms with Crippen LogP contribution in [-0.4, -0.2) is 23.7 Å². The minimum absolute atomic E-state index is 0.0973. The Morgan fingerprint density at radius 1 is 0.762 bits per heavy atom. The van der Waals surface area contributed by atoms with Crippen molar-refractivity contribution in [1.29, 1.82) is 0 Å². The summed E-state index contributed by atoms with van der Waals surface area (Å²) in [5.74, 6) is -0.448. The Bertz CT molecular complexity index is 1360. The highest BCUT2D eigenvalue weighted by atomic mass is 16.5. The second kappa shape index (κ2) is 14.8. The maximum absolute atomic E-state index is 12.4. The summed E-state index contributed by atoms with van der Waals surface area (Å²) in [4.78, 5) is 24.8. The number of hydrogen-bond donors (Lipinski definition) is 1. The second-order valence-corrected chi connectivity index (χ2v) is 11.4. The molecule has 0 aromatic heterocycles. The van der Waals surface area contributed by atoms with Crippen molar-refractivity contribution in [3.05, 3.63) is 107 Å². The van der Waals surface area contributed by atoms with E-state index in [0.29, 0.717) is 17.1 Å². The fraction of sp³-hybridized carbons (Fsp3) is 0.351. The lowest BCUT2D eigenvalue weighted by Crippen LogP contribution is -2.12. The molecule has 0 amide bonds. The molecule has 0 spiro atoms. The van der Waals surface area contributed by atoms with E-state index >= 15 is 0 Å². The third-order valence-electron chi connectivity index (χ3n) is 7.90. The lowest BCUT2D eigenvalue weighted by atomic mass is 9.81. The van der Waals surface area contributed by atoms with Gasteiger partial charge in [-0.1, -0.05) is 93.1 Å². The van der Waals surface area contributed by atoms with E-state index in [4.69, 9.17) is 14.6 Å². The molecule has 0 heterocycles. The van der Waals surface area contributed by atoms with E-state index in [1.54, 1.807) is 13.8 Å². The summed E-state index contributed by atoms with van der Waals surface area (Å²) < 4.78 is 11.3. The van der Waals surface area contributed by atoms with Crippen LogP contribution in [0.1, 0.15) is 80.5 Å². The van der Waals surface area contributed by atoms with Gasteiger partial charge in [0.25, 0.3) is 0 Å². The molecule has 0 radical (unpaired) electrons. The smallest absolute Gasteiger partial charge is 0.333 e. The van der Waals surface area contributed by atoms with Gasteiger partial charge in [0.1, 0.15) is 13.2 Å².